The second kappa shape index (κ2) is 3.82. The second-order valence-electron chi connectivity index (χ2n) is 2.85. The monoisotopic (exact) mass is 266 g/mol. The molecule has 2 heterocycles. The van der Waals surface area contributed by atoms with Crippen LogP contribution in [0.25, 0.3) is 11.5 Å². The number of aromatic amines is 1. The van der Waals surface area contributed by atoms with Gasteiger partial charge in [-0.15, -0.1) is 0 Å². The number of nitrogen functional groups attached to an aromatic ring is 1. The van der Waals surface area contributed by atoms with E-state index in [1.54, 1.807) is 12.3 Å². The molecule has 0 saturated carbocycles. The van der Waals surface area contributed by atoms with Crippen molar-refractivity contribution >= 4 is 21.7 Å². The van der Waals surface area contributed by atoms with Crippen molar-refractivity contribution in [2.75, 3.05) is 5.73 Å². The molecule has 0 aromatic carbocycles. The highest BCUT2D eigenvalue weighted by atomic mass is 79.9. The van der Waals surface area contributed by atoms with Crippen LogP contribution in [0.2, 0.25) is 0 Å². The average Bonchev–Trinajstić information content (AvgIpc) is 2.16. The summed E-state index contributed by atoms with van der Waals surface area (Å²) in [4.78, 5) is 21.8. The topological polar surface area (TPSA) is 84.7 Å². The first kappa shape index (κ1) is 9.85. The van der Waals surface area contributed by atoms with Gasteiger partial charge in [-0.3, -0.25) is 9.78 Å². The van der Waals surface area contributed by atoms with Gasteiger partial charge < -0.3 is 10.7 Å². The molecule has 0 radical (unpaired) electrons. The first-order valence-electron chi connectivity index (χ1n) is 4.14. The van der Waals surface area contributed by atoms with E-state index in [0.717, 1.165) is 4.47 Å². The molecule has 6 heteroatoms. The summed E-state index contributed by atoms with van der Waals surface area (Å²) < 4.78 is 0.749. The van der Waals surface area contributed by atoms with E-state index in [9.17, 15) is 4.79 Å². The van der Waals surface area contributed by atoms with Crippen molar-refractivity contribution in [2.45, 2.75) is 0 Å². The minimum Gasteiger partial charge on any atom is -0.383 e. The maximum atomic E-state index is 11.2. The Balaban J connectivity index is 2.64. The number of pyridine rings is 1. The lowest BCUT2D eigenvalue weighted by Gasteiger charge is -2.02. The van der Waals surface area contributed by atoms with Crippen molar-refractivity contribution in [3.63, 3.8) is 0 Å². The first-order chi connectivity index (χ1) is 7.16. The fourth-order valence-corrected chi connectivity index (χ4v) is 1.59. The van der Waals surface area contributed by atoms with E-state index in [1.807, 2.05) is 6.07 Å². The molecule has 2 rings (SSSR count). The van der Waals surface area contributed by atoms with Crippen LogP contribution in [0.3, 0.4) is 0 Å². The third-order valence-corrected chi connectivity index (χ3v) is 2.38. The second-order valence-corrected chi connectivity index (χ2v) is 3.71. The van der Waals surface area contributed by atoms with Crippen molar-refractivity contribution in [1.29, 1.82) is 0 Å². The SMILES string of the molecule is Nc1cc(=O)[nH]c(-c2ncccc2Br)n1. The molecule has 2 aromatic rings. The number of hydrogen-bond acceptors (Lipinski definition) is 4. The summed E-state index contributed by atoms with van der Waals surface area (Å²) in [6, 6.07) is 4.81. The number of aromatic nitrogens is 3. The van der Waals surface area contributed by atoms with Crippen LogP contribution >= 0.6 is 15.9 Å². The van der Waals surface area contributed by atoms with Gasteiger partial charge in [-0.05, 0) is 28.1 Å². The molecule has 5 nitrogen and oxygen atoms in total. The Morgan fingerprint density at radius 1 is 1.47 bits per heavy atom. The Morgan fingerprint density at radius 2 is 2.27 bits per heavy atom. The highest BCUT2D eigenvalue weighted by molar-refractivity contribution is 9.10. The number of nitrogens with one attached hydrogen (secondary N) is 1. The zero-order valence-corrected chi connectivity index (χ0v) is 9.15. The standard InChI is InChI=1S/C9H7BrN4O/c10-5-2-1-3-12-8(5)9-13-6(11)4-7(15)14-9/h1-4H,(H3,11,13,14,15). The van der Waals surface area contributed by atoms with Gasteiger partial charge in [0.15, 0.2) is 5.82 Å². The zero-order chi connectivity index (χ0) is 10.8. The molecule has 76 valence electrons. The fourth-order valence-electron chi connectivity index (χ4n) is 1.15. The third kappa shape index (κ3) is 2.04. The molecule has 0 spiro atoms. The van der Waals surface area contributed by atoms with Crippen molar-refractivity contribution < 1.29 is 0 Å². The van der Waals surface area contributed by atoms with Gasteiger partial charge in [0.25, 0.3) is 5.56 Å². The smallest absolute Gasteiger partial charge is 0.253 e. The molecule has 0 aliphatic carbocycles. The highest BCUT2D eigenvalue weighted by Crippen LogP contribution is 2.21. The van der Waals surface area contributed by atoms with Crippen molar-refractivity contribution in [3.05, 3.63) is 39.2 Å². The fraction of sp³-hybridized carbons (Fsp3) is 0. The molecule has 15 heavy (non-hydrogen) atoms. The van der Waals surface area contributed by atoms with Crippen LogP contribution in [0.1, 0.15) is 0 Å². The van der Waals surface area contributed by atoms with Gasteiger partial charge in [0, 0.05) is 16.7 Å². The highest BCUT2D eigenvalue weighted by Gasteiger charge is 2.07. The minimum atomic E-state index is -0.296. The molecular formula is C9H7BrN4O. The number of H-pyrrole nitrogens is 1. The third-order valence-electron chi connectivity index (χ3n) is 1.74. The van der Waals surface area contributed by atoms with Crippen molar-refractivity contribution in [3.8, 4) is 11.5 Å². The van der Waals surface area contributed by atoms with E-state index in [4.69, 9.17) is 5.73 Å². The van der Waals surface area contributed by atoms with Gasteiger partial charge in [-0.25, -0.2) is 4.98 Å². The van der Waals surface area contributed by atoms with Gasteiger partial charge in [0.05, 0.1) is 0 Å². The predicted molar refractivity (Wildman–Crippen MR) is 60.2 cm³/mol. The predicted octanol–water partition coefficient (Wildman–Crippen LogP) is 1.18. The number of rotatable bonds is 1. The Hall–Kier alpha value is -1.69. The van der Waals surface area contributed by atoms with Crippen molar-refractivity contribution in [2.24, 2.45) is 0 Å². The minimum absolute atomic E-state index is 0.173. The molecule has 0 fully saturated rings. The normalized spacial score (nSPS) is 10.2. The van der Waals surface area contributed by atoms with E-state index < -0.39 is 0 Å². The van der Waals surface area contributed by atoms with E-state index in [-0.39, 0.29) is 11.4 Å². The Bertz CT molecular complexity index is 552. The zero-order valence-electron chi connectivity index (χ0n) is 7.57. The van der Waals surface area contributed by atoms with Crippen LogP contribution < -0.4 is 11.3 Å². The quantitative estimate of drug-likeness (QED) is 0.812. The maximum Gasteiger partial charge on any atom is 0.253 e. The largest absolute Gasteiger partial charge is 0.383 e. The molecule has 0 bridgehead atoms. The van der Waals surface area contributed by atoms with Crippen LogP contribution in [0.5, 0.6) is 0 Å². The van der Waals surface area contributed by atoms with Crippen LogP contribution in [-0.4, -0.2) is 15.0 Å². The first-order valence-corrected chi connectivity index (χ1v) is 4.94. The molecule has 0 atom stereocenters. The number of nitrogens with zero attached hydrogens (tertiary/aromatic N) is 2. The van der Waals surface area contributed by atoms with Crippen molar-refractivity contribution in [1.82, 2.24) is 15.0 Å². The van der Waals surface area contributed by atoms with Crippen LogP contribution in [0.4, 0.5) is 5.82 Å². The van der Waals surface area contributed by atoms with Crippen LogP contribution in [0.15, 0.2) is 33.7 Å². The van der Waals surface area contributed by atoms with Crippen LogP contribution in [0, 0.1) is 0 Å². The number of halogens is 1. The number of anilines is 1. The summed E-state index contributed by atoms with van der Waals surface area (Å²) in [6.45, 7) is 0. The van der Waals surface area contributed by atoms with E-state index in [1.165, 1.54) is 6.07 Å². The molecule has 0 saturated heterocycles. The Morgan fingerprint density at radius 3 is 2.93 bits per heavy atom. The van der Waals surface area contributed by atoms with Gasteiger partial charge >= 0.3 is 0 Å². The molecule has 0 aliphatic rings. The molecular weight excluding hydrogens is 260 g/mol. The molecule has 3 N–H and O–H groups in total. The molecule has 0 amide bonds. The Kier molecular flexibility index (Phi) is 2.51. The van der Waals surface area contributed by atoms with E-state index in [2.05, 4.69) is 30.9 Å². The summed E-state index contributed by atoms with van der Waals surface area (Å²) in [6.07, 6.45) is 1.61. The van der Waals surface area contributed by atoms with E-state index in [0.29, 0.717) is 11.5 Å². The number of hydrogen-bond donors (Lipinski definition) is 2. The Labute approximate surface area is 93.5 Å². The maximum absolute atomic E-state index is 11.2. The van der Waals surface area contributed by atoms with Gasteiger partial charge in [-0.1, -0.05) is 0 Å². The molecule has 0 aliphatic heterocycles. The summed E-state index contributed by atoms with van der Waals surface area (Å²) in [7, 11) is 0. The summed E-state index contributed by atoms with van der Waals surface area (Å²) >= 11 is 3.32. The van der Waals surface area contributed by atoms with E-state index >= 15 is 0 Å². The lowest BCUT2D eigenvalue weighted by Crippen LogP contribution is -2.10. The lowest BCUT2D eigenvalue weighted by atomic mass is 10.3. The van der Waals surface area contributed by atoms with Crippen LogP contribution in [-0.2, 0) is 0 Å². The lowest BCUT2D eigenvalue weighted by molar-refractivity contribution is 1.10. The summed E-state index contributed by atoms with van der Waals surface area (Å²) in [5, 5.41) is 0. The summed E-state index contributed by atoms with van der Waals surface area (Å²) in [5.74, 6) is 0.527. The van der Waals surface area contributed by atoms with Gasteiger partial charge in [0.1, 0.15) is 11.5 Å². The van der Waals surface area contributed by atoms with Gasteiger partial charge in [-0.2, -0.15) is 0 Å². The summed E-state index contributed by atoms with van der Waals surface area (Å²) in [5.41, 5.74) is 5.73. The number of nitrogens with two attached hydrogens (primary N) is 1. The van der Waals surface area contributed by atoms with Gasteiger partial charge in [0.2, 0.25) is 0 Å². The molecule has 2 aromatic heterocycles. The average molecular weight is 267 g/mol. The molecule has 0 unspecified atom stereocenters.